The lowest BCUT2D eigenvalue weighted by molar-refractivity contribution is -0.897. The molecule has 0 unspecified atom stereocenters. The number of carbonyl (C=O) groups excluding carboxylic acids is 2. The lowest BCUT2D eigenvalue weighted by atomic mass is 10.0. The number of piperidine rings is 1. The molecule has 1 aromatic rings. The van der Waals surface area contributed by atoms with E-state index in [4.69, 9.17) is 4.74 Å². The first kappa shape index (κ1) is 18.0. The van der Waals surface area contributed by atoms with E-state index in [-0.39, 0.29) is 17.9 Å². The Balaban J connectivity index is 1.79. The van der Waals surface area contributed by atoms with Gasteiger partial charge in [-0.1, -0.05) is 18.2 Å². The van der Waals surface area contributed by atoms with Crippen LogP contribution in [0.25, 0.3) is 0 Å². The Labute approximate surface area is 142 Å². The number of hydrogen-bond donors (Lipinski definition) is 3. The highest BCUT2D eigenvalue weighted by Gasteiger charge is 2.25. The van der Waals surface area contributed by atoms with Crippen molar-refractivity contribution in [3.05, 3.63) is 42.5 Å². The van der Waals surface area contributed by atoms with Crippen molar-refractivity contribution in [2.45, 2.75) is 18.9 Å². The van der Waals surface area contributed by atoms with Crippen LogP contribution in [0.15, 0.2) is 36.9 Å². The molecule has 24 heavy (non-hydrogen) atoms. The zero-order valence-electron chi connectivity index (χ0n) is 14.1. The summed E-state index contributed by atoms with van der Waals surface area (Å²) in [6, 6.07) is 7.35. The molecule has 2 amide bonds. The Bertz CT molecular complexity index is 581. The van der Waals surface area contributed by atoms with Gasteiger partial charge in [0.1, 0.15) is 5.75 Å². The average molecular weight is 332 g/mol. The number of rotatable bonds is 7. The molecule has 0 aromatic heterocycles. The van der Waals surface area contributed by atoms with E-state index in [0.29, 0.717) is 24.4 Å². The number of carbonyl (C=O) groups is 2. The largest absolute Gasteiger partial charge is 0.496 e. The third kappa shape index (κ3) is 5.09. The molecule has 0 atom stereocenters. The molecule has 6 nitrogen and oxygen atoms in total. The first-order valence-electron chi connectivity index (χ1n) is 8.29. The van der Waals surface area contributed by atoms with Crippen LogP contribution in [-0.2, 0) is 4.79 Å². The number of nitrogens with one attached hydrogen (secondary N) is 3. The Morgan fingerprint density at radius 3 is 2.71 bits per heavy atom. The second-order valence-corrected chi connectivity index (χ2v) is 5.97. The molecule has 0 bridgehead atoms. The fourth-order valence-corrected chi connectivity index (χ4v) is 2.92. The van der Waals surface area contributed by atoms with Crippen molar-refractivity contribution in [2.24, 2.45) is 0 Å². The summed E-state index contributed by atoms with van der Waals surface area (Å²) in [7, 11) is 1.56. The molecular formula is C18H26N3O3+. The number of quaternary nitrogens is 1. The predicted octanol–water partition coefficient (Wildman–Crippen LogP) is -0.225. The molecule has 1 aliphatic rings. The molecule has 2 rings (SSSR count). The fraction of sp³-hybridized carbons (Fsp3) is 0.444. The number of ether oxygens (including phenoxy) is 1. The maximum atomic E-state index is 12.4. The second kappa shape index (κ2) is 9.08. The monoisotopic (exact) mass is 332 g/mol. The van der Waals surface area contributed by atoms with Gasteiger partial charge in [0, 0.05) is 25.4 Å². The standard InChI is InChI=1S/C18H25N3O3/c1-3-10-19-17(22)13-21-11-8-14(9-12-21)20-18(23)15-6-4-5-7-16(15)24-2/h3-7,14H,1,8-13H2,2H3,(H,19,22)(H,20,23)/p+1. The van der Waals surface area contributed by atoms with Crippen LogP contribution >= 0.6 is 0 Å². The molecule has 0 radical (unpaired) electrons. The molecule has 1 saturated heterocycles. The van der Waals surface area contributed by atoms with Crippen molar-refractivity contribution in [3.63, 3.8) is 0 Å². The van der Waals surface area contributed by atoms with Crippen molar-refractivity contribution in [3.8, 4) is 5.75 Å². The molecule has 1 heterocycles. The first-order valence-corrected chi connectivity index (χ1v) is 8.29. The highest BCUT2D eigenvalue weighted by Crippen LogP contribution is 2.17. The van der Waals surface area contributed by atoms with Crippen LogP contribution in [0.3, 0.4) is 0 Å². The molecule has 3 N–H and O–H groups in total. The van der Waals surface area contributed by atoms with Crippen LogP contribution in [0.1, 0.15) is 23.2 Å². The predicted molar refractivity (Wildman–Crippen MR) is 92.3 cm³/mol. The number of para-hydroxylation sites is 1. The minimum atomic E-state index is -0.107. The minimum Gasteiger partial charge on any atom is -0.496 e. The van der Waals surface area contributed by atoms with Gasteiger partial charge in [0.05, 0.1) is 25.8 Å². The summed E-state index contributed by atoms with van der Waals surface area (Å²) in [6.07, 6.45) is 3.41. The molecule has 1 fully saturated rings. The maximum Gasteiger partial charge on any atom is 0.275 e. The van der Waals surface area contributed by atoms with E-state index in [1.165, 1.54) is 4.90 Å². The van der Waals surface area contributed by atoms with Crippen LogP contribution < -0.4 is 20.3 Å². The number of amides is 2. The van der Waals surface area contributed by atoms with Crippen molar-refractivity contribution >= 4 is 11.8 Å². The van der Waals surface area contributed by atoms with Crippen LogP contribution in [-0.4, -0.2) is 51.1 Å². The number of likely N-dealkylation sites (tertiary alicyclic amines) is 1. The summed E-state index contributed by atoms with van der Waals surface area (Å²) < 4.78 is 5.23. The Morgan fingerprint density at radius 1 is 1.33 bits per heavy atom. The van der Waals surface area contributed by atoms with Gasteiger partial charge in [0.25, 0.3) is 11.8 Å². The van der Waals surface area contributed by atoms with Gasteiger partial charge < -0.3 is 20.3 Å². The van der Waals surface area contributed by atoms with E-state index in [1.54, 1.807) is 25.3 Å². The number of methoxy groups -OCH3 is 1. The normalized spacial score (nSPS) is 20.0. The molecule has 130 valence electrons. The molecule has 6 heteroatoms. The van der Waals surface area contributed by atoms with Gasteiger partial charge in [-0.2, -0.15) is 0 Å². The first-order chi connectivity index (χ1) is 11.6. The highest BCUT2D eigenvalue weighted by atomic mass is 16.5. The molecule has 0 saturated carbocycles. The molecule has 0 spiro atoms. The molecule has 1 aromatic carbocycles. The number of benzene rings is 1. The average Bonchev–Trinajstić information content (AvgIpc) is 2.61. The summed E-state index contributed by atoms with van der Waals surface area (Å²) in [4.78, 5) is 25.4. The third-order valence-electron chi connectivity index (χ3n) is 4.23. The van der Waals surface area contributed by atoms with Gasteiger partial charge in [-0.05, 0) is 12.1 Å². The van der Waals surface area contributed by atoms with Gasteiger partial charge in [0.15, 0.2) is 6.54 Å². The third-order valence-corrected chi connectivity index (χ3v) is 4.23. The van der Waals surface area contributed by atoms with E-state index >= 15 is 0 Å². The van der Waals surface area contributed by atoms with E-state index in [0.717, 1.165) is 25.9 Å². The Morgan fingerprint density at radius 2 is 2.04 bits per heavy atom. The lowest BCUT2D eigenvalue weighted by Gasteiger charge is -2.29. The smallest absolute Gasteiger partial charge is 0.275 e. The molecular weight excluding hydrogens is 306 g/mol. The van der Waals surface area contributed by atoms with Crippen LogP contribution in [0.5, 0.6) is 5.75 Å². The van der Waals surface area contributed by atoms with E-state index in [9.17, 15) is 9.59 Å². The maximum absolute atomic E-state index is 12.4. The van der Waals surface area contributed by atoms with E-state index in [1.807, 2.05) is 12.1 Å². The van der Waals surface area contributed by atoms with Crippen molar-refractivity contribution in [2.75, 3.05) is 33.3 Å². The topological polar surface area (TPSA) is 71.9 Å². The summed E-state index contributed by atoms with van der Waals surface area (Å²) in [5, 5.41) is 5.87. The van der Waals surface area contributed by atoms with Crippen LogP contribution in [0.2, 0.25) is 0 Å². The minimum absolute atomic E-state index is 0.0430. The quantitative estimate of drug-likeness (QED) is 0.604. The van der Waals surface area contributed by atoms with Gasteiger partial charge in [-0.3, -0.25) is 9.59 Å². The van der Waals surface area contributed by atoms with Crippen molar-refractivity contribution < 1.29 is 19.2 Å². The summed E-state index contributed by atoms with van der Waals surface area (Å²) in [5.74, 6) is 0.517. The van der Waals surface area contributed by atoms with Gasteiger partial charge in [-0.15, -0.1) is 6.58 Å². The summed E-state index contributed by atoms with van der Waals surface area (Å²) in [6.45, 7) is 6.31. The zero-order valence-corrected chi connectivity index (χ0v) is 14.1. The van der Waals surface area contributed by atoms with Gasteiger partial charge in [0.2, 0.25) is 0 Å². The summed E-state index contributed by atoms with van der Waals surface area (Å²) in [5.41, 5.74) is 0.554. The number of hydrogen-bond acceptors (Lipinski definition) is 3. The van der Waals surface area contributed by atoms with E-state index in [2.05, 4.69) is 17.2 Å². The van der Waals surface area contributed by atoms with Crippen molar-refractivity contribution in [1.82, 2.24) is 10.6 Å². The zero-order chi connectivity index (χ0) is 17.4. The van der Waals surface area contributed by atoms with Gasteiger partial charge in [-0.25, -0.2) is 0 Å². The van der Waals surface area contributed by atoms with Crippen molar-refractivity contribution in [1.29, 1.82) is 0 Å². The highest BCUT2D eigenvalue weighted by molar-refractivity contribution is 5.97. The second-order valence-electron chi connectivity index (χ2n) is 5.97. The molecule has 1 aliphatic heterocycles. The SMILES string of the molecule is C=CCNC(=O)C[NH+]1CCC(NC(=O)c2ccccc2OC)CC1. The fourth-order valence-electron chi connectivity index (χ4n) is 2.92. The van der Waals surface area contributed by atoms with E-state index < -0.39 is 0 Å². The lowest BCUT2D eigenvalue weighted by Crippen LogP contribution is -3.14. The van der Waals surface area contributed by atoms with Gasteiger partial charge >= 0.3 is 0 Å². The summed E-state index contributed by atoms with van der Waals surface area (Å²) >= 11 is 0. The van der Waals surface area contributed by atoms with Crippen LogP contribution in [0.4, 0.5) is 0 Å². The van der Waals surface area contributed by atoms with Crippen LogP contribution in [0, 0.1) is 0 Å². The molecule has 0 aliphatic carbocycles. The Kier molecular flexibility index (Phi) is 6.81. The Hall–Kier alpha value is -2.34.